The number of aliphatic hydroxyl groups is 1. The molecule has 0 aliphatic carbocycles. The molecule has 0 saturated heterocycles. The summed E-state index contributed by atoms with van der Waals surface area (Å²) in [4.78, 5) is 27.8. The number of benzene rings is 3. The van der Waals surface area contributed by atoms with Crippen molar-refractivity contribution < 1.29 is 41.7 Å². The van der Waals surface area contributed by atoms with Crippen molar-refractivity contribution in [1.82, 2.24) is 9.21 Å². The van der Waals surface area contributed by atoms with Gasteiger partial charge in [0, 0.05) is 42.5 Å². The summed E-state index contributed by atoms with van der Waals surface area (Å²) < 4.78 is 58.2. The minimum Gasteiger partial charge on any atom is -0.488 e. The van der Waals surface area contributed by atoms with Crippen molar-refractivity contribution in [3.05, 3.63) is 72.0 Å². The molecule has 3 aromatic carbocycles. The number of carbonyl (C=O) groups excluding carboxylic acids is 2. The van der Waals surface area contributed by atoms with E-state index in [0.29, 0.717) is 34.2 Å². The van der Waals surface area contributed by atoms with Crippen LogP contribution in [0.15, 0.2) is 65.6 Å². The first-order valence-corrected chi connectivity index (χ1v) is 15.8. The zero-order chi connectivity index (χ0) is 32.3. The van der Waals surface area contributed by atoms with E-state index in [0.717, 1.165) is 16.4 Å². The predicted octanol–water partition coefficient (Wildman–Crippen LogP) is 3.67. The number of hydrogen-bond donors (Lipinski definition) is 3. The summed E-state index contributed by atoms with van der Waals surface area (Å²) in [7, 11) is -2.57. The standard InChI is InChI=1S/C31H35FN4O8S/c1-19-15-36(20(2)17-37)30(38)13-21-12-23(33-31(39)34-24-7-11-27-28(14-24)43-18-42-27)6-10-26(21)44-29(19)16-35(3)45(40,41)25-8-4-22(32)5-9-25/h4-12,14,19-20,29,37H,13,15-18H2,1-3H3,(H2,33,34,39)/t19-,20-,29-/m1/s1. The summed E-state index contributed by atoms with van der Waals surface area (Å²) in [6.45, 7) is 3.53. The number of hydrogen-bond acceptors (Lipinski definition) is 8. The van der Waals surface area contributed by atoms with Gasteiger partial charge in [-0.1, -0.05) is 6.92 Å². The molecule has 3 amide bonds. The second kappa shape index (κ2) is 13.3. The number of fused-ring (bicyclic) bond motifs is 2. The molecule has 0 spiro atoms. The molecule has 3 aromatic rings. The number of halogens is 1. The van der Waals surface area contributed by atoms with Crippen molar-refractivity contribution in [3.8, 4) is 17.2 Å². The zero-order valence-corrected chi connectivity index (χ0v) is 25.8. The number of anilines is 2. The van der Waals surface area contributed by atoms with Gasteiger partial charge in [0.25, 0.3) is 0 Å². The van der Waals surface area contributed by atoms with E-state index >= 15 is 0 Å². The van der Waals surface area contributed by atoms with Crippen LogP contribution in [-0.2, 0) is 21.2 Å². The summed E-state index contributed by atoms with van der Waals surface area (Å²) in [5.41, 5.74) is 1.35. The van der Waals surface area contributed by atoms with Gasteiger partial charge in [-0.15, -0.1) is 0 Å². The lowest BCUT2D eigenvalue weighted by Gasteiger charge is -2.33. The Hall–Kier alpha value is -4.40. The van der Waals surface area contributed by atoms with E-state index in [9.17, 15) is 27.5 Å². The fourth-order valence-corrected chi connectivity index (χ4v) is 6.31. The largest absolute Gasteiger partial charge is 0.488 e. The predicted molar refractivity (Wildman–Crippen MR) is 163 cm³/mol. The van der Waals surface area contributed by atoms with Gasteiger partial charge in [0.2, 0.25) is 22.7 Å². The Morgan fingerprint density at radius 2 is 1.69 bits per heavy atom. The van der Waals surface area contributed by atoms with Crippen LogP contribution in [0.3, 0.4) is 0 Å². The monoisotopic (exact) mass is 642 g/mol. The van der Waals surface area contributed by atoms with Gasteiger partial charge in [-0.25, -0.2) is 17.6 Å². The van der Waals surface area contributed by atoms with Gasteiger partial charge >= 0.3 is 6.03 Å². The van der Waals surface area contributed by atoms with Gasteiger partial charge in [0.15, 0.2) is 11.5 Å². The molecule has 14 heteroatoms. The van der Waals surface area contributed by atoms with E-state index in [1.807, 2.05) is 6.92 Å². The number of ether oxygens (including phenoxy) is 3. The second-order valence-corrected chi connectivity index (χ2v) is 13.1. The Morgan fingerprint density at radius 3 is 2.38 bits per heavy atom. The van der Waals surface area contributed by atoms with Crippen LogP contribution < -0.4 is 24.8 Å². The minimum atomic E-state index is -3.98. The van der Waals surface area contributed by atoms with Gasteiger partial charge in [0.1, 0.15) is 17.7 Å². The average Bonchev–Trinajstić information content (AvgIpc) is 3.49. The lowest BCUT2D eigenvalue weighted by Crippen LogP contribution is -2.48. The fraction of sp³-hybridized carbons (Fsp3) is 0.355. The molecule has 2 aliphatic heterocycles. The molecule has 0 radical (unpaired) electrons. The molecule has 0 unspecified atom stereocenters. The number of nitrogens with zero attached hydrogens (tertiary/aromatic N) is 2. The van der Waals surface area contributed by atoms with E-state index in [1.165, 1.54) is 19.2 Å². The first kappa shape index (κ1) is 32.0. The molecule has 0 bridgehead atoms. The van der Waals surface area contributed by atoms with E-state index in [2.05, 4.69) is 10.6 Å². The van der Waals surface area contributed by atoms with Crippen LogP contribution >= 0.6 is 0 Å². The minimum absolute atomic E-state index is 0.0667. The molecule has 3 N–H and O–H groups in total. The smallest absolute Gasteiger partial charge is 0.323 e. The SMILES string of the molecule is C[C@@H]1CN([C@H](C)CO)C(=O)Cc2cc(NC(=O)Nc3ccc4c(c3)OCO4)ccc2O[C@@H]1CN(C)S(=O)(=O)c1ccc(F)cc1. The normalized spacial score (nSPS) is 18.7. The molecular formula is C31H35FN4O8S. The highest BCUT2D eigenvalue weighted by molar-refractivity contribution is 7.89. The zero-order valence-electron chi connectivity index (χ0n) is 25.0. The lowest BCUT2D eigenvalue weighted by atomic mass is 10.0. The quantitative estimate of drug-likeness (QED) is 0.338. The first-order valence-electron chi connectivity index (χ1n) is 14.3. The number of likely N-dealkylation sites (N-methyl/N-ethyl adjacent to an activating group) is 1. The van der Waals surface area contributed by atoms with Crippen LogP contribution in [0.4, 0.5) is 20.6 Å². The molecule has 45 heavy (non-hydrogen) atoms. The molecule has 12 nitrogen and oxygen atoms in total. The summed E-state index contributed by atoms with van der Waals surface area (Å²) in [5, 5.41) is 15.4. The molecule has 0 aromatic heterocycles. The highest BCUT2D eigenvalue weighted by atomic mass is 32.2. The van der Waals surface area contributed by atoms with Crippen LogP contribution in [0.5, 0.6) is 17.2 Å². The summed E-state index contributed by atoms with van der Waals surface area (Å²) in [6.07, 6.45) is -0.793. The fourth-order valence-electron chi connectivity index (χ4n) is 5.13. The van der Waals surface area contributed by atoms with Gasteiger partial charge in [-0.2, -0.15) is 4.31 Å². The van der Waals surface area contributed by atoms with Crippen molar-refractivity contribution in [3.63, 3.8) is 0 Å². The number of nitrogens with one attached hydrogen (secondary N) is 2. The van der Waals surface area contributed by atoms with E-state index in [1.54, 1.807) is 48.2 Å². The Morgan fingerprint density at radius 1 is 1.04 bits per heavy atom. The van der Waals surface area contributed by atoms with Crippen LogP contribution in [0.1, 0.15) is 19.4 Å². The molecule has 0 fully saturated rings. The maximum absolute atomic E-state index is 13.5. The second-order valence-electron chi connectivity index (χ2n) is 11.1. The Bertz CT molecular complexity index is 1670. The van der Waals surface area contributed by atoms with E-state index in [-0.39, 0.29) is 49.6 Å². The van der Waals surface area contributed by atoms with E-state index in [4.69, 9.17) is 14.2 Å². The lowest BCUT2D eigenvalue weighted by molar-refractivity contribution is -0.134. The molecule has 2 aliphatic rings. The topological polar surface area (TPSA) is 147 Å². The average molecular weight is 643 g/mol. The van der Waals surface area contributed by atoms with Crippen LogP contribution in [0.25, 0.3) is 0 Å². The molecule has 2 heterocycles. The molecule has 240 valence electrons. The number of amides is 3. The third-order valence-electron chi connectivity index (χ3n) is 7.76. The van der Waals surface area contributed by atoms with Crippen LogP contribution in [0, 0.1) is 11.7 Å². The number of rotatable bonds is 8. The number of aliphatic hydroxyl groups excluding tert-OH is 1. The van der Waals surface area contributed by atoms with Crippen molar-refractivity contribution in [2.45, 2.75) is 37.3 Å². The molecule has 3 atom stereocenters. The maximum Gasteiger partial charge on any atom is 0.323 e. The van der Waals surface area contributed by atoms with Crippen LogP contribution in [-0.4, -0.2) is 80.4 Å². The molecular weight excluding hydrogens is 607 g/mol. The highest BCUT2D eigenvalue weighted by Gasteiger charge is 2.33. The molecule has 5 rings (SSSR count). The van der Waals surface area contributed by atoms with E-state index < -0.39 is 34.0 Å². The third-order valence-corrected chi connectivity index (χ3v) is 9.60. The van der Waals surface area contributed by atoms with Crippen molar-refractivity contribution in [2.24, 2.45) is 5.92 Å². The van der Waals surface area contributed by atoms with Crippen molar-refractivity contribution in [1.29, 1.82) is 0 Å². The maximum atomic E-state index is 13.5. The Kier molecular flexibility index (Phi) is 9.46. The Balaban J connectivity index is 1.38. The van der Waals surface area contributed by atoms with Crippen LogP contribution in [0.2, 0.25) is 0 Å². The van der Waals surface area contributed by atoms with Gasteiger partial charge in [-0.3, -0.25) is 4.79 Å². The van der Waals surface area contributed by atoms with Gasteiger partial charge in [0.05, 0.1) is 30.5 Å². The summed E-state index contributed by atoms with van der Waals surface area (Å²) in [5.74, 6) is 0.284. The van der Waals surface area contributed by atoms with Crippen molar-refractivity contribution in [2.75, 3.05) is 44.2 Å². The first-order chi connectivity index (χ1) is 21.4. The third kappa shape index (κ3) is 7.30. The van der Waals surface area contributed by atoms with Crippen molar-refractivity contribution >= 4 is 33.3 Å². The van der Waals surface area contributed by atoms with Gasteiger partial charge in [-0.05, 0) is 61.5 Å². The number of urea groups is 1. The summed E-state index contributed by atoms with van der Waals surface area (Å²) in [6, 6.07) is 13.4. The highest BCUT2D eigenvalue weighted by Crippen LogP contribution is 2.34. The van der Waals surface area contributed by atoms with Gasteiger partial charge < -0.3 is 34.9 Å². The Labute approximate surface area is 260 Å². The molecule has 0 saturated carbocycles. The summed E-state index contributed by atoms with van der Waals surface area (Å²) >= 11 is 0. The number of sulfonamides is 1. The number of carbonyl (C=O) groups is 2.